The summed E-state index contributed by atoms with van der Waals surface area (Å²) in [5, 5.41) is 3.60. The third-order valence-corrected chi connectivity index (χ3v) is 2.53. The van der Waals surface area contributed by atoms with Crippen molar-refractivity contribution >= 4 is 0 Å². The Hall–Kier alpha value is -0.560. The lowest BCUT2D eigenvalue weighted by molar-refractivity contribution is 0.518. The Labute approximate surface area is 68.2 Å². The molecule has 0 spiro atoms. The molecular formula is C10H15N. The van der Waals surface area contributed by atoms with E-state index in [0.717, 1.165) is 6.04 Å². The van der Waals surface area contributed by atoms with E-state index in [2.05, 4.69) is 29.6 Å². The van der Waals surface area contributed by atoms with E-state index in [9.17, 15) is 0 Å². The minimum Gasteiger partial charge on any atom is -0.304 e. The summed E-state index contributed by atoms with van der Waals surface area (Å²) in [7, 11) is 0. The van der Waals surface area contributed by atoms with Gasteiger partial charge >= 0.3 is 0 Å². The van der Waals surface area contributed by atoms with Gasteiger partial charge in [0.2, 0.25) is 0 Å². The summed E-state index contributed by atoms with van der Waals surface area (Å²) in [4.78, 5) is 0. The molecule has 0 heterocycles. The van der Waals surface area contributed by atoms with E-state index in [0.29, 0.717) is 6.04 Å². The van der Waals surface area contributed by atoms with Crippen molar-refractivity contribution < 1.29 is 0 Å². The molecule has 0 aliphatic heterocycles. The average Bonchev–Trinajstić information content (AvgIpc) is 2.60. The SMILES string of the molecule is C1=CC(NC2CCCC2)C=C1. The van der Waals surface area contributed by atoms with Crippen molar-refractivity contribution in [3.05, 3.63) is 24.3 Å². The van der Waals surface area contributed by atoms with Crippen LogP contribution in [0.2, 0.25) is 0 Å². The molecule has 0 bridgehead atoms. The summed E-state index contributed by atoms with van der Waals surface area (Å²) < 4.78 is 0. The lowest BCUT2D eigenvalue weighted by Crippen LogP contribution is -2.33. The third kappa shape index (κ3) is 1.72. The molecule has 0 unspecified atom stereocenters. The van der Waals surface area contributed by atoms with Gasteiger partial charge in [-0.15, -0.1) is 0 Å². The zero-order valence-electron chi connectivity index (χ0n) is 6.79. The van der Waals surface area contributed by atoms with E-state index < -0.39 is 0 Å². The van der Waals surface area contributed by atoms with Gasteiger partial charge in [0.15, 0.2) is 0 Å². The maximum atomic E-state index is 3.60. The molecule has 0 aromatic rings. The lowest BCUT2D eigenvalue weighted by atomic mass is 10.2. The van der Waals surface area contributed by atoms with Gasteiger partial charge in [0.05, 0.1) is 0 Å². The first-order chi connectivity index (χ1) is 5.45. The van der Waals surface area contributed by atoms with Crippen molar-refractivity contribution in [2.24, 2.45) is 0 Å². The quantitative estimate of drug-likeness (QED) is 0.633. The standard InChI is InChI=1S/C10H15N/c1-2-6-9(5-1)11-10-7-3-4-8-10/h1-2,5-6,9-11H,3-4,7-8H2. The predicted molar refractivity (Wildman–Crippen MR) is 47.5 cm³/mol. The van der Waals surface area contributed by atoms with E-state index in [1.54, 1.807) is 0 Å². The molecule has 0 saturated heterocycles. The molecule has 1 fully saturated rings. The molecule has 0 atom stereocenters. The van der Waals surface area contributed by atoms with Crippen LogP contribution in [0.15, 0.2) is 24.3 Å². The van der Waals surface area contributed by atoms with E-state index in [1.165, 1.54) is 25.7 Å². The van der Waals surface area contributed by atoms with Crippen LogP contribution in [0.4, 0.5) is 0 Å². The van der Waals surface area contributed by atoms with Gasteiger partial charge in [-0.25, -0.2) is 0 Å². The molecule has 1 saturated carbocycles. The van der Waals surface area contributed by atoms with Crippen LogP contribution in [-0.2, 0) is 0 Å². The van der Waals surface area contributed by atoms with Gasteiger partial charge in [-0.05, 0) is 12.8 Å². The van der Waals surface area contributed by atoms with Crippen LogP contribution < -0.4 is 5.32 Å². The van der Waals surface area contributed by atoms with E-state index in [4.69, 9.17) is 0 Å². The predicted octanol–water partition coefficient (Wildman–Crippen LogP) is 2.01. The summed E-state index contributed by atoms with van der Waals surface area (Å²) in [6.07, 6.45) is 14.3. The second-order valence-electron chi connectivity index (χ2n) is 3.44. The Kier molecular flexibility index (Phi) is 2.08. The number of allylic oxidation sites excluding steroid dienone is 2. The van der Waals surface area contributed by atoms with Gasteiger partial charge < -0.3 is 5.32 Å². The van der Waals surface area contributed by atoms with Crippen molar-refractivity contribution in [1.82, 2.24) is 5.32 Å². The highest BCUT2D eigenvalue weighted by atomic mass is 14.9. The van der Waals surface area contributed by atoms with Crippen LogP contribution >= 0.6 is 0 Å². The van der Waals surface area contributed by atoms with Crippen molar-refractivity contribution in [1.29, 1.82) is 0 Å². The summed E-state index contributed by atoms with van der Waals surface area (Å²) in [6.45, 7) is 0. The Morgan fingerprint density at radius 2 is 1.64 bits per heavy atom. The van der Waals surface area contributed by atoms with Gasteiger partial charge in [-0.2, -0.15) is 0 Å². The number of nitrogens with one attached hydrogen (secondary N) is 1. The normalized spacial score (nSPS) is 25.5. The molecule has 60 valence electrons. The smallest absolute Gasteiger partial charge is 0.0443 e. The Balaban J connectivity index is 1.80. The van der Waals surface area contributed by atoms with Crippen molar-refractivity contribution in [3.63, 3.8) is 0 Å². The van der Waals surface area contributed by atoms with Gasteiger partial charge in [0.1, 0.15) is 0 Å². The largest absolute Gasteiger partial charge is 0.304 e. The minimum atomic E-state index is 0.526. The Morgan fingerprint density at radius 3 is 2.27 bits per heavy atom. The first-order valence-electron chi connectivity index (χ1n) is 4.56. The van der Waals surface area contributed by atoms with Crippen LogP contribution in [0.3, 0.4) is 0 Å². The van der Waals surface area contributed by atoms with Gasteiger partial charge in [0.25, 0.3) is 0 Å². The lowest BCUT2D eigenvalue weighted by Gasteiger charge is -2.14. The van der Waals surface area contributed by atoms with E-state index in [1.807, 2.05) is 0 Å². The second kappa shape index (κ2) is 3.22. The highest BCUT2D eigenvalue weighted by Crippen LogP contribution is 2.18. The topological polar surface area (TPSA) is 12.0 Å². The van der Waals surface area contributed by atoms with Crippen LogP contribution in [0.1, 0.15) is 25.7 Å². The van der Waals surface area contributed by atoms with Crippen LogP contribution in [-0.4, -0.2) is 12.1 Å². The summed E-state index contributed by atoms with van der Waals surface area (Å²) in [5.41, 5.74) is 0. The molecular weight excluding hydrogens is 134 g/mol. The second-order valence-corrected chi connectivity index (χ2v) is 3.44. The van der Waals surface area contributed by atoms with Gasteiger partial charge in [-0.1, -0.05) is 37.1 Å². The molecule has 0 radical (unpaired) electrons. The molecule has 2 aliphatic carbocycles. The Morgan fingerprint density at radius 1 is 1.00 bits per heavy atom. The molecule has 0 aromatic heterocycles. The minimum absolute atomic E-state index is 0.526. The molecule has 1 nitrogen and oxygen atoms in total. The molecule has 0 amide bonds. The van der Waals surface area contributed by atoms with Crippen molar-refractivity contribution in [3.8, 4) is 0 Å². The third-order valence-electron chi connectivity index (χ3n) is 2.53. The number of hydrogen-bond acceptors (Lipinski definition) is 1. The molecule has 0 aromatic carbocycles. The van der Waals surface area contributed by atoms with Crippen LogP contribution in [0.25, 0.3) is 0 Å². The number of rotatable bonds is 2. The van der Waals surface area contributed by atoms with Gasteiger partial charge in [0, 0.05) is 12.1 Å². The molecule has 1 N–H and O–H groups in total. The maximum absolute atomic E-state index is 3.60. The fraction of sp³-hybridized carbons (Fsp3) is 0.600. The fourth-order valence-corrected chi connectivity index (χ4v) is 1.91. The van der Waals surface area contributed by atoms with Gasteiger partial charge in [-0.3, -0.25) is 0 Å². The zero-order valence-corrected chi connectivity index (χ0v) is 6.79. The van der Waals surface area contributed by atoms with Crippen molar-refractivity contribution in [2.45, 2.75) is 37.8 Å². The maximum Gasteiger partial charge on any atom is 0.0443 e. The van der Waals surface area contributed by atoms with Crippen LogP contribution in [0, 0.1) is 0 Å². The first-order valence-corrected chi connectivity index (χ1v) is 4.56. The van der Waals surface area contributed by atoms with Crippen LogP contribution in [0.5, 0.6) is 0 Å². The molecule has 2 aliphatic rings. The molecule has 2 rings (SSSR count). The van der Waals surface area contributed by atoms with E-state index >= 15 is 0 Å². The average molecular weight is 149 g/mol. The highest BCUT2D eigenvalue weighted by molar-refractivity contribution is 5.21. The summed E-state index contributed by atoms with van der Waals surface area (Å²) >= 11 is 0. The summed E-state index contributed by atoms with van der Waals surface area (Å²) in [5.74, 6) is 0. The van der Waals surface area contributed by atoms with E-state index in [-0.39, 0.29) is 0 Å². The first kappa shape index (κ1) is 7.11. The molecule has 1 heteroatoms. The monoisotopic (exact) mass is 149 g/mol. The zero-order chi connectivity index (χ0) is 7.52. The highest BCUT2D eigenvalue weighted by Gasteiger charge is 2.16. The number of hydrogen-bond donors (Lipinski definition) is 1. The Bertz CT molecular complexity index is 163. The summed E-state index contributed by atoms with van der Waals surface area (Å²) in [6, 6.07) is 1.31. The fourth-order valence-electron chi connectivity index (χ4n) is 1.91. The molecule has 11 heavy (non-hydrogen) atoms. The van der Waals surface area contributed by atoms with Crippen molar-refractivity contribution in [2.75, 3.05) is 0 Å².